The van der Waals surface area contributed by atoms with Crippen LogP contribution in [0.5, 0.6) is 0 Å². The Kier molecular flexibility index (Phi) is 5.78. The Labute approximate surface area is 203 Å². The monoisotopic (exact) mass is 510 g/mol. The Morgan fingerprint density at radius 2 is 2.15 bits per heavy atom. The van der Waals surface area contributed by atoms with Crippen LogP contribution in [0.2, 0.25) is 10.0 Å². The lowest BCUT2D eigenvalue weighted by molar-refractivity contribution is -0.134. The molecule has 0 radical (unpaired) electrons. The van der Waals surface area contributed by atoms with E-state index in [-0.39, 0.29) is 12.5 Å². The highest BCUT2D eigenvalue weighted by Crippen LogP contribution is 2.41. The van der Waals surface area contributed by atoms with Gasteiger partial charge in [-0.15, -0.1) is 0 Å². The summed E-state index contributed by atoms with van der Waals surface area (Å²) >= 11 is 12.9. The van der Waals surface area contributed by atoms with Crippen molar-refractivity contribution in [3.05, 3.63) is 39.6 Å². The molecule has 1 aromatic carbocycles. The lowest BCUT2D eigenvalue weighted by atomic mass is 9.99. The van der Waals surface area contributed by atoms with Crippen LogP contribution in [0.4, 0.5) is 8.78 Å². The summed E-state index contributed by atoms with van der Waals surface area (Å²) in [5, 5.41) is 11.1. The van der Waals surface area contributed by atoms with Crippen LogP contribution in [0.1, 0.15) is 17.7 Å². The average molecular weight is 511 g/mol. The summed E-state index contributed by atoms with van der Waals surface area (Å²) in [6.07, 6.45) is 1.82. The number of H-pyrrole nitrogens is 1. The van der Waals surface area contributed by atoms with Gasteiger partial charge in [-0.05, 0) is 12.1 Å². The number of alkyl halides is 2. The normalized spacial score (nSPS) is 19.4. The van der Waals surface area contributed by atoms with Gasteiger partial charge in [0.1, 0.15) is 0 Å². The molecule has 0 bridgehead atoms. The molecule has 180 valence electrons. The lowest BCUT2D eigenvalue weighted by Gasteiger charge is -2.28. The molecule has 1 saturated heterocycles. The van der Waals surface area contributed by atoms with E-state index >= 15 is 0 Å². The van der Waals surface area contributed by atoms with Crippen molar-refractivity contribution in [2.45, 2.75) is 31.4 Å². The van der Waals surface area contributed by atoms with Crippen LogP contribution in [0.15, 0.2) is 18.3 Å². The van der Waals surface area contributed by atoms with E-state index in [2.05, 4.69) is 20.7 Å². The summed E-state index contributed by atoms with van der Waals surface area (Å²) in [5.41, 5.74) is 4.09. The number of nitrogens with zero attached hydrogens (tertiary/aromatic N) is 3. The zero-order valence-electron chi connectivity index (χ0n) is 18.2. The van der Waals surface area contributed by atoms with E-state index in [1.807, 2.05) is 19.3 Å². The molecule has 2 aromatic heterocycles. The van der Waals surface area contributed by atoms with Crippen LogP contribution in [0, 0.1) is 0 Å². The summed E-state index contributed by atoms with van der Waals surface area (Å²) in [4.78, 5) is 30.1. The molecule has 34 heavy (non-hydrogen) atoms. The summed E-state index contributed by atoms with van der Waals surface area (Å²) in [5.74, 6) is -3.81. The second kappa shape index (κ2) is 8.51. The number of aromatic amines is 1. The van der Waals surface area contributed by atoms with Crippen molar-refractivity contribution in [3.8, 4) is 11.3 Å². The molecule has 2 aliphatic rings. The van der Waals surface area contributed by atoms with Crippen molar-refractivity contribution in [3.63, 3.8) is 0 Å². The lowest BCUT2D eigenvalue weighted by Crippen LogP contribution is -2.46. The summed E-state index contributed by atoms with van der Waals surface area (Å²) in [6, 6.07) is 2.64. The predicted molar refractivity (Wildman–Crippen MR) is 124 cm³/mol. The van der Waals surface area contributed by atoms with Crippen molar-refractivity contribution in [1.82, 2.24) is 30.3 Å². The number of carbonyl (C=O) groups is 2. The number of hydrogen-bond acceptors (Lipinski definition) is 4. The fraction of sp³-hybridized carbons (Fsp3) is 0.409. The van der Waals surface area contributed by atoms with Crippen molar-refractivity contribution < 1.29 is 18.4 Å². The average Bonchev–Trinajstić information content (AvgIpc) is 3.50. The van der Waals surface area contributed by atoms with E-state index in [1.54, 1.807) is 15.6 Å². The summed E-state index contributed by atoms with van der Waals surface area (Å²) < 4.78 is 28.4. The molecule has 0 saturated carbocycles. The minimum atomic E-state index is -2.92. The molecule has 12 heteroatoms. The van der Waals surface area contributed by atoms with Crippen LogP contribution in [-0.2, 0) is 29.6 Å². The van der Waals surface area contributed by atoms with Gasteiger partial charge in [0.15, 0.2) is 0 Å². The fourth-order valence-electron chi connectivity index (χ4n) is 4.61. The number of rotatable bonds is 4. The van der Waals surface area contributed by atoms with Gasteiger partial charge >= 0.3 is 0 Å². The third-order valence-electron chi connectivity index (χ3n) is 6.32. The Hall–Kier alpha value is -2.69. The van der Waals surface area contributed by atoms with Crippen LogP contribution < -0.4 is 10.6 Å². The number of hydrogen-bond donors (Lipinski definition) is 3. The predicted octanol–water partition coefficient (Wildman–Crippen LogP) is 2.87. The maximum absolute atomic E-state index is 13.3. The molecule has 3 N–H and O–H groups in total. The number of nitrogens with one attached hydrogen (secondary N) is 3. The molecule has 0 unspecified atom stereocenters. The SMILES string of the molecule is Cn1ccc(-c2cc(Cl)c(Cl)c3[nH]c4c(c23)CN(C(=O)CNC(=O)[C@@H]2CC(F)(F)CN2)CC4)n1. The standard InChI is InChI=1S/C22H22Cl2F2N6O2/c1-31-4-2-15(30-31)11-6-13(23)19(24)20-18(11)12-9-32(5-3-14(12)29-20)17(33)8-27-21(34)16-7-22(25,26)10-28-16/h2,4,6,16,28-29H,3,5,7-10H2,1H3,(H,27,34)/t16-/m0/s1. The van der Waals surface area contributed by atoms with Crippen molar-refractivity contribution in [1.29, 1.82) is 0 Å². The number of aromatic nitrogens is 3. The van der Waals surface area contributed by atoms with Crippen molar-refractivity contribution >= 4 is 45.9 Å². The van der Waals surface area contributed by atoms with E-state index in [1.165, 1.54) is 0 Å². The Bertz CT molecular complexity index is 1300. The second-order valence-electron chi connectivity index (χ2n) is 8.70. The van der Waals surface area contributed by atoms with E-state index in [9.17, 15) is 18.4 Å². The summed E-state index contributed by atoms with van der Waals surface area (Å²) in [6.45, 7) is -0.0558. The Morgan fingerprint density at radius 1 is 1.35 bits per heavy atom. The molecule has 1 fully saturated rings. The fourth-order valence-corrected chi connectivity index (χ4v) is 5.01. The number of fused-ring (bicyclic) bond motifs is 3. The van der Waals surface area contributed by atoms with Crippen LogP contribution in [0.3, 0.4) is 0 Å². The van der Waals surface area contributed by atoms with Crippen molar-refractivity contribution in [2.75, 3.05) is 19.6 Å². The van der Waals surface area contributed by atoms with E-state index in [0.717, 1.165) is 27.9 Å². The largest absolute Gasteiger partial charge is 0.357 e. The first-order valence-corrected chi connectivity index (χ1v) is 11.6. The molecule has 2 amide bonds. The van der Waals surface area contributed by atoms with Gasteiger partial charge in [0, 0.05) is 61.4 Å². The highest BCUT2D eigenvalue weighted by molar-refractivity contribution is 6.45. The van der Waals surface area contributed by atoms with Crippen LogP contribution in [0.25, 0.3) is 22.2 Å². The van der Waals surface area contributed by atoms with Gasteiger partial charge < -0.3 is 15.2 Å². The highest BCUT2D eigenvalue weighted by Gasteiger charge is 2.42. The molecule has 5 rings (SSSR count). The zero-order chi connectivity index (χ0) is 24.2. The van der Waals surface area contributed by atoms with Gasteiger partial charge in [0.05, 0.1) is 40.4 Å². The topological polar surface area (TPSA) is 95.0 Å². The minimum absolute atomic E-state index is 0.264. The number of carbonyl (C=O) groups excluding carboxylic acids is 2. The van der Waals surface area contributed by atoms with Crippen molar-refractivity contribution in [2.24, 2.45) is 7.05 Å². The quantitative estimate of drug-likeness (QED) is 0.502. The Balaban J connectivity index is 1.37. The first-order valence-electron chi connectivity index (χ1n) is 10.8. The first-order chi connectivity index (χ1) is 16.1. The van der Waals surface area contributed by atoms with Gasteiger partial charge in [-0.1, -0.05) is 23.2 Å². The highest BCUT2D eigenvalue weighted by atomic mass is 35.5. The van der Waals surface area contributed by atoms with Crippen LogP contribution in [-0.4, -0.2) is 63.1 Å². The van der Waals surface area contributed by atoms with E-state index < -0.39 is 30.8 Å². The van der Waals surface area contributed by atoms with E-state index in [0.29, 0.717) is 35.1 Å². The molecule has 4 heterocycles. The zero-order valence-corrected chi connectivity index (χ0v) is 19.7. The number of amides is 2. The van der Waals surface area contributed by atoms with Gasteiger partial charge in [-0.2, -0.15) is 5.10 Å². The number of benzene rings is 1. The molecule has 3 aromatic rings. The minimum Gasteiger partial charge on any atom is -0.357 e. The maximum atomic E-state index is 13.3. The molecule has 1 atom stereocenters. The molecular weight excluding hydrogens is 489 g/mol. The molecule has 0 aliphatic carbocycles. The van der Waals surface area contributed by atoms with Gasteiger partial charge in [-0.25, -0.2) is 8.78 Å². The first kappa shape index (κ1) is 23.1. The van der Waals surface area contributed by atoms with Crippen LogP contribution >= 0.6 is 23.2 Å². The van der Waals surface area contributed by atoms with Gasteiger partial charge in [0.2, 0.25) is 11.8 Å². The third-order valence-corrected chi connectivity index (χ3v) is 7.11. The second-order valence-corrected chi connectivity index (χ2v) is 9.49. The number of aryl methyl sites for hydroxylation is 1. The molecular formula is C22H22Cl2F2N6O2. The Morgan fingerprint density at radius 3 is 2.82 bits per heavy atom. The molecule has 0 spiro atoms. The van der Waals surface area contributed by atoms with E-state index in [4.69, 9.17) is 23.2 Å². The summed E-state index contributed by atoms with van der Waals surface area (Å²) in [7, 11) is 1.82. The number of halogens is 4. The molecule has 2 aliphatic heterocycles. The van der Waals surface area contributed by atoms with Gasteiger partial charge in [-0.3, -0.25) is 19.6 Å². The maximum Gasteiger partial charge on any atom is 0.262 e. The third kappa shape index (κ3) is 4.14. The smallest absolute Gasteiger partial charge is 0.262 e. The van der Waals surface area contributed by atoms with Gasteiger partial charge in [0.25, 0.3) is 5.92 Å². The molecule has 8 nitrogen and oxygen atoms in total.